The second-order valence-corrected chi connectivity index (χ2v) is 12.1. The SMILES string of the molecule is CC(C)(C)N[Si](NC1CCCC1)(NC1CCCC1)NC1CCCC1. The Morgan fingerprint density at radius 3 is 1.12 bits per heavy atom. The van der Waals surface area contributed by atoms with E-state index < -0.39 is 8.72 Å². The van der Waals surface area contributed by atoms with E-state index in [0.717, 1.165) is 0 Å². The van der Waals surface area contributed by atoms with Crippen LogP contribution in [0.5, 0.6) is 0 Å². The Kier molecular flexibility index (Phi) is 6.41. The minimum absolute atomic E-state index is 0.120. The van der Waals surface area contributed by atoms with E-state index >= 15 is 0 Å². The molecule has 3 aliphatic carbocycles. The Morgan fingerprint density at radius 1 is 0.583 bits per heavy atom. The van der Waals surface area contributed by atoms with Crippen LogP contribution in [0.4, 0.5) is 0 Å². The van der Waals surface area contributed by atoms with Crippen molar-refractivity contribution in [1.29, 1.82) is 0 Å². The molecule has 3 fully saturated rings. The first-order valence-corrected chi connectivity index (χ1v) is 12.6. The Morgan fingerprint density at radius 2 is 0.875 bits per heavy atom. The van der Waals surface area contributed by atoms with Gasteiger partial charge in [0, 0.05) is 23.7 Å². The monoisotopic (exact) mass is 352 g/mol. The predicted molar refractivity (Wildman–Crippen MR) is 105 cm³/mol. The van der Waals surface area contributed by atoms with Gasteiger partial charge in [0.15, 0.2) is 0 Å². The molecule has 0 spiro atoms. The molecule has 0 aliphatic heterocycles. The van der Waals surface area contributed by atoms with Crippen molar-refractivity contribution in [3.8, 4) is 0 Å². The van der Waals surface area contributed by atoms with Crippen LogP contribution in [0, 0.1) is 0 Å². The number of hydrogen-bond donors (Lipinski definition) is 4. The molecule has 24 heavy (non-hydrogen) atoms. The van der Waals surface area contributed by atoms with E-state index in [1.54, 1.807) is 0 Å². The Hall–Kier alpha value is 0.0569. The fourth-order valence-corrected chi connectivity index (χ4v) is 9.22. The summed E-state index contributed by atoms with van der Waals surface area (Å²) in [4.78, 5) is 16.5. The first-order valence-electron chi connectivity index (χ1n) is 10.6. The fourth-order valence-electron chi connectivity index (χ4n) is 4.92. The highest BCUT2D eigenvalue weighted by molar-refractivity contribution is 6.70. The van der Waals surface area contributed by atoms with Gasteiger partial charge in [0.2, 0.25) is 0 Å². The first-order chi connectivity index (χ1) is 11.4. The number of rotatable bonds is 7. The van der Waals surface area contributed by atoms with E-state index in [9.17, 15) is 0 Å². The maximum absolute atomic E-state index is 4.15. The largest absolute Gasteiger partial charge is 0.367 e. The molecule has 0 unspecified atom stereocenters. The summed E-state index contributed by atoms with van der Waals surface area (Å²) in [6, 6.07) is 2.07. The lowest BCUT2D eigenvalue weighted by Gasteiger charge is -2.44. The van der Waals surface area contributed by atoms with Crippen LogP contribution in [-0.4, -0.2) is 32.4 Å². The lowest BCUT2D eigenvalue weighted by atomic mass is 10.1. The summed E-state index contributed by atoms with van der Waals surface area (Å²) >= 11 is 0. The first kappa shape index (κ1) is 18.8. The number of hydrogen-bond acceptors (Lipinski definition) is 4. The molecule has 0 bridgehead atoms. The van der Waals surface area contributed by atoms with Gasteiger partial charge in [-0.3, -0.25) is 19.9 Å². The molecule has 0 aromatic carbocycles. The molecule has 0 saturated heterocycles. The highest BCUT2D eigenvalue weighted by Gasteiger charge is 2.44. The van der Waals surface area contributed by atoms with Crippen molar-refractivity contribution >= 4 is 8.72 Å². The molecule has 0 aromatic heterocycles. The highest BCUT2D eigenvalue weighted by atomic mass is 28.4. The Labute approximate surface area is 150 Å². The summed E-state index contributed by atoms with van der Waals surface area (Å²) in [5.74, 6) is 0. The molecule has 0 heterocycles. The third kappa shape index (κ3) is 5.53. The van der Waals surface area contributed by atoms with Gasteiger partial charge in [0.25, 0.3) is 0 Å². The summed E-state index contributed by atoms with van der Waals surface area (Å²) in [5, 5.41) is 0. The second kappa shape index (κ2) is 8.17. The molecule has 0 aromatic rings. The van der Waals surface area contributed by atoms with Crippen LogP contribution >= 0.6 is 0 Å². The van der Waals surface area contributed by atoms with Gasteiger partial charge >= 0.3 is 8.72 Å². The molecule has 3 saturated carbocycles. The fraction of sp³-hybridized carbons (Fsp3) is 1.00. The number of nitrogens with one attached hydrogen (secondary N) is 4. The average molecular weight is 353 g/mol. The van der Waals surface area contributed by atoms with Crippen molar-refractivity contribution in [2.24, 2.45) is 0 Å². The van der Waals surface area contributed by atoms with Gasteiger partial charge < -0.3 is 0 Å². The molecular formula is C19H40N4Si. The zero-order valence-corrected chi connectivity index (χ0v) is 17.2. The van der Waals surface area contributed by atoms with Gasteiger partial charge in [0.1, 0.15) is 0 Å². The summed E-state index contributed by atoms with van der Waals surface area (Å²) in [6.45, 7) is 6.95. The van der Waals surface area contributed by atoms with Crippen molar-refractivity contribution in [2.45, 2.75) is 121 Å². The van der Waals surface area contributed by atoms with Crippen molar-refractivity contribution in [3.63, 3.8) is 0 Å². The Bertz CT molecular complexity index is 332. The van der Waals surface area contributed by atoms with Crippen LogP contribution in [0.15, 0.2) is 0 Å². The van der Waals surface area contributed by atoms with E-state index in [1.807, 2.05) is 0 Å². The molecule has 3 aliphatic rings. The molecule has 5 heteroatoms. The zero-order chi connectivity index (χ0) is 17.0. The minimum Gasteiger partial charge on any atom is -0.298 e. The van der Waals surface area contributed by atoms with Gasteiger partial charge in [0.05, 0.1) is 0 Å². The summed E-state index contributed by atoms with van der Waals surface area (Å²) in [6.07, 6.45) is 16.4. The maximum Gasteiger partial charge on any atom is 0.367 e. The Balaban J connectivity index is 1.77. The van der Waals surface area contributed by atoms with Crippen molar-refractivity contribution < 1.29 is 0 Å². The van der Waals surface area contributed by atoms with Crippen molar-refractivity contribution in [2.75, 3.05) is 0 Å². The minimum atomic E-state index is -2.13. The van der Waals surface area contributed by atoms with E-state index in [2.05, 4.69) is 40.7 Å². The summed E-state index contributed by atoms with van der Waals surface area (Å²) < 4.78 is 0. The summed E-state index contributed by atoms with van der Waals surface area (Å²) in [7, 11) is -2.13. The van der Waals surface area contributed by atoms with Gasteiger partial charge in [-0.05, 0) is 59.3 Å². The van der Waals surface area contributed by atoms with Crippen LogP contribution in [0.3, 0.4) is 0 Å². The van der Waals surface area contributed by atoms with Crippen LogP contribution in [0.2, 0.25) is 0 Å². The van der Waals surface area contributed by atoms with Crippen LogP contribution in [-0.2, 0) is 0 Å². The maximum atomic E-state index is 4.15. The van der Waals surface area contributed by atoms with Gasteiger partial charge in [-0.25, -0.2) is 0 Å². The van der Waals surface area contributed by atoms with E-state index in [-0.39, 0.29) is 5.54 Å². The lowest BCUT2D eigenvalue weighted by molar-refractivity contribution is 0.440. The zero-order valence-electron chi connectivity index (χ0n) is 16.2. The van der Waals surface area contributed by atoms with E-state index in [4.69, 9.17) is 0 Å². The molecular weight excluding hydrogens is 312 g/mol. The normalized spacial score (nSPS) is 25.1. The molecule has 3 rings (SSSR count). The van der Waals surface area contributed by atoms with Crippen LogP contribution in [0.25, 0.3) is 0 Å². The molecule has 0 amide bonds. The third-order valence-electron chi connectivity index (χ3n) is 5.89. The molecule has 4 nitrogen and oxygen atoms in total. The topological polar surface area (TPSA) is 48.1 Å². The van der Waals surface area contributed by atoms with Crippen LogP contribution in [0.1, 0.15) is 97.8 Å². The third-order valence-corrected chi connectivity index (χ3v) is 9.54. The standard InChI is InChI=1S/C19H40N4Si/c1-19(2,3)23-24(20-16-10-4-5-11-16,21-17-12-6-7-13-17)22-18-14-8-9-15-18/h16-18,20-23H,4-15H2,1-3H3. The quantitative estimate of drug-likeness (QED) is 0.530. The van der Waals surface area contributed by atoms with Crippen LogP contribution < -0.4 is 19.9 Å². The molecule has 0 atom stereocenters. The van der Waals surface area contributed by atoms with Crippen molar-refractivity contribution in [3.05, 3.63) is 0 Å². The molecule has 4 N–H and O–H groups in total. The molecule has 0 radical (unpaired) electrons. The van der Waals surface area contributed by atoms with E-state index in [0.29, 0.717) is 18.1 Å². The highest BCUT2D eigenvalue weighted by Crippen LogP contribution is 2.24. The molecule has 140 valence electrons. The van der Waals surface area contributed by atoms with Gasteiger partial charge in [-0.1, -0.05) is 38.5 Å². The summed E-state index contributed by atoms with van der Waals surface area (Å²) in [5.41, 5.74) is 0.120. The van der Waals surface area contributed by atoms with E-state index in [1.165, 1.54) is 77.0 Å². The lowest BCUT2D eigenvalue weighted by Crippen LogP contribution is -2.86. The predicted octanol–water partition coefficient (Wildman–Crippen LogP) is 3.41. The van der Waals surface area contributed by atoms with Crippen molar-refractivity contribution in [1.82, 2.24) is 19.9 Å². The van der Waals surface area contributed by atoms with Gasteiger partial charge in [-0.2, -0.15) is 0 Å². The average Bonchev–Trinajstić information content (AvgIpc) is 3.19. The smallest absolute Gasteiger partial charge is 0.298 e. The second-order valence-electron chi connectivity index (χ2n) is 9.50. The van der Waals surface area contributed by atoms with Gasteiger partial charge in [-0.15, -0.1) is 0 Å².